The number of furan rings is 1. The number of nitrogens with one attached hydrogen (secondary N) is 1. The van der Waals surface area contributed by atoms with Gasteiger partial charge in [-0.25, -0.2) is 0 Å². The summed E-state index contributed by atoms with van der Waals surface area (Å²) >= 11 is 0. The van der Waals surface area contributed by atoms with Crippen molar-refractivity contribution >= 4 is 23.4 Å². The van der Waals surface area contributed by atoms with Gasteiger partial charge in [0.25, 0.3) is 5.91 Å². The van der Waals surface area contributed by atoms with Gasteiger partial charge in [0.15, 0.2) is 5.76 Å². The second-order valence-electron chi connectivity index (χ2n) is 8.29. The molecule has 1 aromatic carbocycles. The van der Waals surface area contributed by atoms with Crippen LogP contribution in [0.4, 0.5) is 5.69 Å². The molecular weight excluding hydrogens is 410 g/mol. The number of hydrogen-bond acceptors (Lipinski definition) is 5. The van der Waals surface area contributed by atoms with Crippen LogP contribution in [0.5, 0.6) is 5.75 Å². The van der Waals surface area contributed by atoms with Crippen molar-refractivity contribution in [3.8, 4) is 5.75 Å². The van der Waals surface area contributed by atoms with Crippen molar-refractivity contribution in [3.63, 3.8) is 0 Å². The van der Waals surface area contributed by atoms with E-state index in [1.54, 1.807) is 24.0 Å². The lowest BCUT2D eigenvalue weighted by Crippen LogP contribution is -2.48. The van der Waals surface area contributed by atoms with Gasteiger partial charge in [0.05, 0.1) is 18.2 Å². The Morgan fingerprint density at radius 1 is 1.16 bits per heavy atom. The first kappa shape index (κ1) is 21.9. The highest BCUT2D eigenvalue weighted by atomic mass is 16.5. The summed E-state index contributed by atoms with van der Waals surface area (Å²) < 4.78 is 11.0. The summed E-state index contributed by atoms with van der Waals surface area (Å²) in [5.74, 6) is 0.993. The number of carbonyl (C=O) groups is 3. The van der Waals surface area contributed by atoms with Crippen molar-refractivity contribution < 1.29 is 23.5 Å². The van der Waals surface area contributed by atoms with E-state index in [4.69, 9.17) is 9.15 Å². The van der Waals surface area contributed by atoms with Crippen LogP contribution in [-0.2, 0) is 9.59 Å². The number of benzene rings is 1. The van der Waals surface area contributed by atoms with Crippen LogP contribution in [0.1, 0.15) is 42.5 Å². The maximum atomic E-state index is 13.1. The SMILES string of the molecule is CCOc1ccccc1N1CC(C(=O)N2CCC(NC(=O)c3ccc(C)o3)CC2)CC1=O. The van der Waals surface area contributed by atoms with E-state index in [0.29, 0.717) is 62.0 Å². The summed E-state index contributed by atoms with van der Waals surface area (Å²) in [5, 5.41) is 2.98. The van der Waals surface area contributed by atoms with Gasteiger partial charge in [-0.3, -0.25) is 14.4 Å². The Hall–Kier alpha value is -3.29. The highest BCUT2D eigenvalue weighted by molar-refractivity contribution is 6.01. The van der Waals surface area contributed by atoms with Gasteiger partial charge in [-0.2, -0.15) is 0 Å². The first-order valence-electron chi connectivity index (χ1n) is 11.1. The van der Waals surface area contributed by atoms with Crippen LogP contribution >= 0.6 is 0 Å². The van der Waals surface area contributed by atoms with E-state index in [0.717, 1.165) is 0 Å². The largest absolute Gasteiger partial charge is 0.492 e. The van der Waals surface area contributed by atoms with Crippen molar-refractivity contribution in [2.24, 2.45) is 5.92 Å². The fraction of sp³-hybridized carbons (Fsp3) is 0.458. The molecule has 8 nitrogen and oxygen atoms in total. The van der Waals surface area contributed by atoms with Crippen molar-refractivity contribution in [1.82, 2.24) is 10.2 Å². The fourth-order valence-electron chi connectivity index (χ4n) is 4.38. The zero-order valence-corrected chi connectivity index (χ0v) is 18.5. The van der Waals surface area contributed by atoms with E-state index in [2.05, 4.69) is 5.32 Å². The number of nitrogens with zero attached hydrogens (tertiary/aromatic N) is 2. The smallest absolute Gasteiger partial charge is 0.287 e. The Morgan fingerprint density at radius 2 is 1.91 bits per heavy atom. The third kappa shape index (κ3) is 4.64. The second kappa shape index (κ2) is 9.46. The molecule has 0 bridgehead atoms. The number of carbonyl (C=O) groups excluding carboxylic acids is 3. The van der Waals surface area contributed by atoms with E-state index in [1.165, 1.54) is 0 Å². The van der Waals surface area contributed by atoms with Gasteiger partial charge in [0, 0.05) is 32.1 Å². The zero-order chi connectivity index (χ0) is 22.7. The average Bonchev–Trinajstić information content (AvgIpc) is 3.40. The van der Waals surface area contributed by atoms with Crippen molar-refractivity contribution in [2.45, 2.75) is 39.2 Å². The standard InChI is InChI=1S/C24H29N3O5/c1-3-31-20-7-5-4-6-19(20)27-15-17(14-22(27)28)24(30)26-12-10-18(11-13-26)25-23(29)21-9-8-16(2)32-21/h4-9,17-18H,3,10-15H2,1-2H3,(H,25,29). The number of aryl methyl sites for hydroxylation is 1. The molecule has 0 aliphatic carbocycles. The van der Waals surface area contributed by atoms with E-state index >= 15 is 0 Å². The quantitative estimate of drug-likeness (QED) is 0.747. The minimum absolute atomic E-state index is 0.00109. The van der Waals surface area contributed by atoms with Crippen LogP contribution in [-0.4, -0.2) is 54.9 Å². The molecule has 170 valence electrons. The van der Waals surface area contributed by atoms with Gasteiger partial charge >= 0.3 is 0 Å². The highest BCUT2D eigenvalue weighted by Gasteiger charge is 2.39. The maximum Gasteiger partial charge on any atom is 0.287 e. The van der Waals surface area contributed by atoms with Crippen molar-refractivity contribution in [2.75, 3.05) is 31.1 Å². The van der Waals surface area contributed by atoms with Gasteiger partial charge in [0.2, 0.25) is 11.8 Å². The van der Waals surface area contributed by atoms with Crippen molar-refractivity contribution in [3.05, 3.63) is 47.9 Å². The molecule has 2 saturated heterocycles. The van der Waals surface area contributed by atoms with Crippen LogP contribution in [0.15, 0.2) is 40.8 Å². The first-order chi connectivity index (χ1) is 15.5. The molecule has 1 N–H and O–H groups in total. The monoisotopic (exact) mass is 439 g/mol. The third-order valence-electron chi connectivity index (χ3n) is 6.04. The Labute approximate surface area is 187 Å². The molecule has 32 heavy (non-hydrogen) atoms. The Morgan fingerprint density at radius 3 is 2.59 bits per heavy atom. The molecule has 1 aromatic heterocycles. The maximum absolute atomic E-state index is 13.1. The molecule has 0 radical (unpaired) electrons. The van der Waals surface area contributed by atoms with Crippen molar-refractivity contribution in [1.29, 1.82) is 0 Å². The molecule has 3 heterocycles. The summed E-state index contributed by atoms with van der Waals surface area (Å²) in [5.41, 5.74) is 0.712. The van der Waals surface area contributed by atoms with E-state index in [-0.39, 0.29) is 36.1 Å². The topological polar surface area (TPSA) is 92.1 Å². The second-order valence-corrected chi connectivity index (χ2v) is 8.29. The molecule has 0 saturated carbocycles. The number of hydrogen-bond donors (Lipinski definition) is 1. The number of rotatable bonds is 6. The van der Waals surface area contributed by atoms with E-state index in [9.17, 15) is 14.4 Å². The van der Waals surface area contributed by atoms with Crippen LogP contribution in [0.3, 0.4) is 0 Å². The van der Waals surface area contributed by atoms with Gasteiger partial charge in [0.1, 0.15) is 11.5 Å². The summed E-state index contributed by atoms with van der Waals surface area (Å²) in [6.07, 6.45) is 1.55. The lowest BCUT2D eigenvalue weighted by Gasteiger charge is -2.33. The minimum atomic E-state index is -0.366. The third-order valence-corrected chi connectivity index (χ3v) is 6.04. The van der Waals surface area contributed by atoms with Gasteiger partial charge < -0.3 is 24.3 Å². The lowest BCUT2D eigenvalue weighted by molar-refractivity contribution is -0.136. The Kier molecular flexibility index (Phi) is 6.48. The number of likely N-dealkylation sites (tertiary alicyclic amines) is 1. The molecule has 2 fully saturated rings. The van der Waals surface area contributed by atoms with Gasteiger partial charge in [-0.1, -0.05) is 12.1 Å². The summed E-state index contributed by atoms with van der Waals surface area (Å²) in [6, 6.07) is 10.8. The molecule has 1 atom stereocenters. The average molecular weight is 440 g/mol. The number of ether oxygens (including phenoxy) is 1. The normalized spacial score (nSPS) is 19.3. The molecular formula is C24H29N3O5. The predicted octanol–water partition coefficient (Wildman–Crippen LogP) is 2.76. The van der Waals surface area contributed by atoms with Crippen LogP contribution in [0, 0.1) is 12.8 Å². The molecule has 2 aromatic rings. The number of para-hydroxylation sites is 2. The predicted molar refractivity (Wildman–Crippen MR) is 119 cm³/mol. The zero-order valence-electron chi connectivity index (χ0n) is 18.5. The number of anilines is 1. The molecule has 2 aliphatic heterocycles. The van der Waals surface area contributed by atoms with Gasteiger partial charge in [-0.15, -0.1) is 0 Å². The molecule has 1 unspecified atom stereocenters. The lowest BCUT2D eigenvalue weighted by atomic mass is 10.0. The summed E-state index contributed by atoms with van der Waals surface area (Å²) in [6.45, 7) is 5.67. The minimum Gasteiger partial charge on any atom is -0.492 e. The molecule has 0 spiro atoms. The Bertz CT molecular complexity index is 993. The van der Waals surface area contributed by atoms with E-state index < -0.39 is 0 Å². The Balaban J connectivity index is 1.32. The summed E-state index contributed by atoms with van der Waals surface area (Å²) in [4.78, 5) is 41.5. The highest BCUT2D eigenvalue weighted by Crippen LogP contribution is 2.33. The van der Waals surface area contributed by atoms with Crippen LogP contribution < -0.4 is 15.0 Å². The van der Waals surface area contributed by atoms with Gasteiger partial charge in [-0.05, 0) is 51.0 Å². The van der Waals surface area contributed by atoms with Crippen LogP contribution in [0.25, 0.3) is 0 Å². The number of piperidine rings is 1. The fourth-order valence-corrected chi connectivity index (χ4v) is 4.38. The number of amides is 3. The molecule has 4 rings (SSSR count). The molecule has 2 aliphatic rings. The van der Waals surface area contributed by atoms with Crippen LogP contribution in [0.2, 0.25) is 0 Å². The summed E-state index contributed by atoms with van der Waals surface area (Å²) in [7, 11) is 0. The first-order valence-corrected chi connectivity index (χ1v) is 11.1. The molecule has 8 heteroatoms. The molecule has 3 amide bonds. The van der Waals surface area contributed by atoms with E-state index in [1.807, 2.05) is 36.1 Å².